The highest BCUT2D eigenvalue weighted by atomic mass is 32.2. The molecule has 1 aromatic carbocycles. The number of nitrogens with zero attached hydrogens (tertiary/aromatic N) is 2. The van der Waals surface area contributed by atoms with Crippen molar-refractivity contribution < 1.29 is 18.7 Å². The lowest BCUT2D eigenvalue weighted by molar-refractivity contribution is -0.301. The van der Waals surface area contributed by atoms with Crippen LogP contribution >= 0.6 is 11.8 Å². The first-order valence-electron chi connectivity index (χ1n) is 4.58. The van der Waals surface area contributed by atoms with E-state index >= 15 is 0 Å². The van der Waals surface area contributed by atoms with Crippen LogP contribution in [0, 0.1) is 5.82 Å². The zero-order valence-electron chi connectivity index (χ0n) is 8.42. The fourth-order valence-electron chi connectivity index (χ4n) is 1.13. The van der Waals surface area contributed by atoms with Gasteiger partial charge in [0.05, 0.1) is 11.5 Å². The van der Waals surface area contributed by atoms with Crippen LogP contribution in [-0.4, -0.2) is 21.9 Å². The molecule has 2 rings (SSSR count). The number of hydrogen-bond donors (Lipinski definition) is 0. The van der Waals surface area contributed by atoms with E-state index in [-0.39, 0.29) is 22.4 Å². The lowest BCUT2D eigenvalue weighted by Gasteiger charge is -1.97. The second-order valence-corrected chi connectivity index (χ2v) is 3.94. The molecule has 17 heavy (non-hydrogen) atoms. The summed E-state index contributed by atoms with van der Waals surface area (Å²) in [5, 5.41) is 17.5. The van der Waals surface area contributed by atoms with Crippen LogP contribution < -0.4 is 5.11 Å². The smallest absolute Gasteiger partial charge is 0.277 e. The maximum atomic E-state index is 13.4. The van der Waals surface area contributed by atoms with E-state index in [1.54, 1.807) is 12.1 Å². The molecule has 0 unspecified atom stereocenters. The first-order chi connectivity index (χ1) is 8.16. The molecule has 0 atom stereocenters. The number of carbonyl (C=O) groups is 1. The number of aliphatic carboxylic acids is 1. The molecular weight excluding hydrogens is 247 g/mol. The van der Waals surface area contributed by atoms with Crippen LogP contribution in [0.3, 0.4) is 0 Å². The molecule has 0 radical (unpaired) electrons. The van der Waals surface area contributed by atoms with Crippen molar-refractivity contribution >= 4 is 17.7 Å². The molecule has 2 aromatic rings. The number of rotatable bonds is 4. The SMILES string of the molecule is O=C([O-])CSc1nnc(-c2ccccc2F)o1. The molecule has 0 fully saturated rings. The van der Waals surface area contributed by atoms with Crippen LogP contribution in [0.1, 0.15) is 0 Å². The van der Waals surface area contributed by atoms with Crippen molar-refractivity contribution in [3.05, 3.63) is 30.1 Å². The van der Waals surface area contributed by atoms with Crippen LogP contribution in [0.25, 0.3) is 11.5 Å². The fourth-order valence-corrected chi connectivity index (χ4v) is 1.61. The molecule has 0 aliphatic carbocycles. The third-order valence-electron chi connectivity index (χ3n) is 1.82. The first-order valence-corrected chi connectivity index (χ1v) is 5.56. The lowest BCUT2D eigenvalue weighted by Crippen LogP contribution is -2.24. The number of hydrogen-bond acceptors (Lipinski definition) is 6. The Morgan fingerprint density at radius 3 is 2.88 bits per heavy atom. The predicted octanol–water partition coefficient (Wildman–Crippen LogP) is 0.718. The van der Waals surface area contributed by atoms with E-state index in [0.29, 0.717) is 0 Å². The number of thioether (sulfide) groups is 1. The minimum absolute atomic E-state index is 0.0175. The Morgan fingerprint density at radius 1 is 1.41 bits per heavy atom. The molecule has 0 saturated heterocycles. The fraction of sp³-hybridized carbons (Fsp3) is 0.100. The van der Waals surface area contributed by atoms with E-state index in [2.05, 4.69) is 10.2 Å². The van der Waals surface area contributed by atoms with E-state index in [9.17, 15) is 14.3 Å². The largest absolute Gasteiger partial charge is 0.549 e. The van der Waals surface area contributed by atoms with Gasteiger partial charge in [0.25, 0.3) is 11.1 Å². The van der Waals surface area contributed by atoms with Crippen LogP contribution in [0.5, 0.6) is 0 Å². The van der Waals surface area contributed by atoms with E-state index < -0.39 is 11.8 Å². The van der Waals surface area contributed by atoms with Gasteiger partial charge in [0, 0.05) is 5.75 Å². The molecule has 0 N–H and O–H groups in total. The van der Waals surface area contributed by atoms with Crippen molar-refractivity contribution in [2.45, 2.75) is 5.22 Å². The summed E-state index contributed by atoms with van der Waals surface area (Å²) in [5.74, 6) is -1.99. The number of carboxylic acids is 1. The molecular formula is C10H6FN2O3S-. The van der Waals surface area contributed by atoms with Gasteiger partial charge in [0.1, 0.15) is 5.82 Å². The highest BCUT2D eigenvalue weighted by Crippen LogP contribution is 2.24. The number of carboxylic acid groups (broad SMARTS) is 1. The molecule has 7 heteroatoms. The van der Waals surface area contributed by atoms with Gasteiger partial charge in [-0.25, -0.2) is 4.39 Å². The molecule has 0 spiro atoms. The van der Waals surface area contributed by atoms with Gasteiger partial charge < -0.3 is 14.3 Å². The molecule has 5 nitrogen and oxygen atoms in total. The molecule has 0 saturated carbocycles. The Morgan fingerprint density at radius 2 is 2.18 bits per heavy atom. The maximum absolute atomic E-state index is 13.4. The topological polar surface area (TPSA) is 79.0 Å². The molecule has 1 heterocycles. The maximum Gasteiger partial charge on any atom is 0.277 e. The molecule has 0 amide bonds. The van der Waals surface area contributed by atoms with Crippen LogP contribution in [0.4, 0.5) is 4.39 Å². The summed E-state index contributed by atoms with van der Waals surface area (Å²) in [6.45, 7) is 0. The van der Waals surface area contributed by atoms with Crippen molar-refractivity contribution in [3.63, 3.8) is 0 Å². The Bertz CT molecular complexity index is 544. The minimum atomic E-state index is -1.24. The predicted molar refractivity (Wildman–Crippen MR) is 55.4 cm³/mol. The van der Waals surface area contributed by atoms with Crippen LogP contribution in [0.2, 0.25) is 0 Å². The summed E-state index contributed by atoms with van der Waals surface area (Å²) in [4.78, 5) is 10.2. The average molecular weight is 253 g/mol. The summed E-state index contributed by atoms with van der Waals surface area (Å²) in [7, 11) is 0. The van der Waals surface area contributed by atoms with E-state index in [0.717, 1.165) is 11.8 Å². The average Bonchev–Trinajstić information content (AvgIpc) is 2.75. The monoisotopic (exact) mass is 253 g/mol. The van der Waals surface area contributed by atoms with Gasteiger partial charge in [0.2, 0.25) is 0 Å². The van der Waals surface area contributed by atoms with Crippen molar-refractivity contribution in [1.82, 2.24) is 10.2 Å². The van der Waals surface area contributed by atoms with Gasteiger partial charge in [-0.15, -0.1) is 10.2 Å². The van der Waals surface area contributed by atoms with Crippen molar-refractivity contribution in [3.8, 4) is 11.5 Å². The lowest BCUT2D eigenvalue weighted by atomic mass is 10.2. The highest BCUT2D eigenvalue weighted by Gasteiger charge is 2.12. The second kappa shape index (κ2) is 4.96. The quantitative estimate of drug-likeness (QED) is 0.747. The minimum Gasteiger partial charge on any atom is -0.549 e. The van der Waals surface area contributed by atoms with Gasteiger partial charge in [-0.3, -0.25) is 0 Å². The third-order valence-corrected chi connectivity index (χ3v) is 2.62. The summed E-state index contributed by atoms with van der Waals surface area (Å²) in [5.41, 5.74) is 0.181. The van der Waals surface area contributed by atoms with Gasteiger partial charge >= 0.3 is 0 Å². The second-order valence-electron chi connectivity index (χ2n) is 3.01. The highest BCUT2D eigenvalue weighted by molar-refractivity contribution is 7.99. The van der Waals surface area contributed by atoms with Crippen LogP contribution in [-0.2, 0) is 4.79 Å². The third kappa shape index (κ3) is 2.82. The Balaban J connectivity index is 2.18. The normalized spacial score (nSPS) is 10.4. The summed E-state index contributed by atoms with van der Waals surface area (Å²) < 4.78 is 18.5. The molecule has 0 aliphatic heterocycles. The first kappa shape index (κ1) is 11.6. The Labute approximate surface area is 99.7 Å². The van der Waals surface area contributed by atoms with Gasteiger partial charge in [-0.05, 0) is 12.1 Å². The standard InChI is InChI=1S/C10H7FN2O3S/c11-7-4-2-1-3-6(7)9-12-13-10(16-9)17-5-8(14)15/h1-4H,5H2,(H,14,15)/p-1. The summed E-state index contributed by atoms with van der Waals surface area (Å²) in [6.07, 6.45) is 0. The number of aromatic nitrogens is 2. The van der Waals surface area contributed by atoms with Crippen molar-refractivity contribution in [1.29, 1.82) is 0 Å². The van der Waals surface area contributed by atoms with E-state index in [1.807, 2.05) is 0 Å². The molecule has 1 aromatic heterocycles. The van der Waals surface area contributed by atoms with Crippen LogP contribution in [0.15, 0.2) is 33.9 Å². The van der Waals surface area contributed by atoms with Crippen molar-refractivity contribution in [2.75, 3.05) is 5.75 Å². The molecule has 0 aliphatic rings. The zero-order chi connectivity index (χ0) is 12.3. The Kier molecular flexibility index (Phi) is 3.38. The van der Waals surface area contributed by atoms with E-state index in [1.165, 1.54) is 12.1 Å². The Hall–Kier alpha value is -1.89. The van der Waals surface area contributed by atoms with Gasteiger partial charge in [-0.2, -0.15) is 0 Å². The zero-order valence-corrected chi connectivity index (χ0v) is 9.24. The molecule has 0 bridgehead atoms. The summed E-state index contributed by atoms with van der Waals surface area (Å²) in [6, 6.07) is 5.95. The number of halogens is 1. The number of benzene rings is 1. The number of carbonyl (C=O) groups excluding carboxylic acids is 1. The molecule has 88 valence electrons. The summed E-state index contributed by atoms with van der Waals surface area (Å²) >= 11 is 0.825. The van der Waals surface area contributed by atoms with Gasteiger partial charge in [0.15, 0.2) is 0 Å². The van der Waals surface area contributed by atoms with Crippen molar-refractivity contribution in [2.24, 2.45) is 0 Å². The van der Waals surface area contributed by atoms with E-state index in [4.69, 9.17) is 4.42 Å². The van der Waals surface area contributed by atoms with Gasteiger partial charge in [-0.1, -0.05) is 23.9 Å².